The SMILES string of the molecule is O=C(NCCCn1ccc2ccccc21)C(c1ccccc1)N1CCS(=O)(=O)CC1. The Labute approximate surface area is 177 Å². The van der Waals surface area contributed by atoms with E-state index in [-0.39, 0.29) is 17.4 Å². The fraction of sp³-hybridized carbons (Fsp3) is 0.348. The minimum atomic E-state index is -3.00. The predicted octanol–water partition coefficient (Wildman–Crippen LogP) is 2.62. The van der Waals surface area contributed by atoms with E-state index in [9.17, 15) is 13.2 Å². The standard InChI is InChI=1S/C23H27N3O3S/c27-23(24-12-6-13-25-14-11-19-7-4-5-10-21(19)25)22(20-8-2-1-3-9-20)26-15-17-30(28,29)18-16-26/h1-5,7-11,14,22H,6,12-13,15-18H2,(H,24,27). The molecule has 1 N–H and O–H groups in total. The van der Waals surface area contributed by atoms with E-state index in [4.69, 9.17) is 0 Å². The summed E-state index contributed by atoms with van der Waals surface area (Å²) >= 11 is 0. The fourth-order valence-corrected chi connectivity index (χ4v) is 5.27. The lowest BCUT2D eigenvalue weighted by atomic mass is 10.0. The van der Waals surface area contributed by atoms with Gasteiger partial charge in [-0.3, -0.25) is 9.69 Å². The third-order valence-electron chi connectivity index (χ3n) is 5.66. The molecule has 1 amide bonds. The van der Waals surface area contributed by atoms with Crippen molar-refractivity contribution >= 4 is 26.6 Å². The first-order valence-electron chi connectivity index (χ1n) is 10.3. The molecule has 0 radical (unpaired) electrons. The van der Waals surface area contributed by atoms with E-state index >= 15 is 0 Å². The van der Waals surface area contributed by atoms with Crippen LogP contribution in [0.25, 0.3) is 10.9 Å². The molecule has 1 atom stereocenters. The van der Waals surface area contributed by atoms with Gasteiger partial charge in [0.15, 0.2) is 9.84 Å². The van der Waals surface area contributed by atoms with Gasteiger partial charge in [-0.05, 0) is 29.5 Å². The number of fused-ring (bicyclic) bond motifs is 1. The first-order valence-corrected chi connectivity index (χ1v) is 12.2. The number of sulfone groups is 1. The zero-order valence-corrected chi connectivity index (χ0v) is 17.7. The van der Waals surface area contributed by atoms with Gasteiger partial charge in [-0.15, -0.1) is 0 Å². The summed E-state index contributed by atoms with van der Waals surface area (Å²) in [7, 11) is -3.00. The van der Waals surface area contributed by atoms with E-state index < -0.39 is 15.9 Å². The summed E-state index contributed by atoms with van der Waals surface area (Å²) in [6, 6.07) is 19.5. The number of nitrogens with zero attached hydrogens (tertiary/aromatic N) is 2. The summed E-state index contributed by atoms with van der Waals surface area (Å²) in [5, 5.41) is 4.28. The second-order valence-electron chi connectivity index (χ2n) is 7.71. The van der Waals surface area contributed by atoms with Crippen LogP contribution in [0.1, 0.15) is 18.0 Å². The number of benzene rings is 2. The Kier molecular flexibility index (Phi) is 6.20. The van der Waals surface area contributed by atoms with Gasteiger partial charge >= 0.3 is 0 Å². The number of aromatic nitrogens is 1. The van der Waals surface area contributed by atoms with Crippen LogP contribution >= 0.6 is 0 Å². The highest BCUT2D eigenvalue weighted by Crippen LogP contribution is 2.23. The first-order chi connectivity index (χ1) is 14.5. The molecule has 1 fully saturated rings. The highest BCUT2D eigenvalue weighted by molar-refractivity contribution is 7.91. The van der Waals surface area contributed by atoms with Crippen molar-refractivity contribution < 1.29 is 13.2 Å². The molecule has 2 aromatic carbocycles. The van der Waals surface area contributed by atoms with Gasteiger partial charge in [0.25, 0.3) is 0 Å². The van der Waals surface area contributed by atoms with Gasteiger partial charge in [0.1, 0.15) is 6.04 Å². The van der Waals surface area contributed by atoms with Gasteiger partial charge in [-0.25, -0.2) is 8.42 Å². The molecule has 30 heavy (non-hydrogen) atoms. The summed E-state index contributed by atoms with van der Waals surface area (Å²) in [6.07, 6.45) is 2.90. The zero-order valence-electron chi connectivity index (χ0n) is 16.9. The second kappa shape index (κ2) is 9.02. The van der Waals surface area contributed by atoms with Crippen LogP contribution in [0.3, 0.4) is 0 Å². The maximum absolute atomic E-state index is 13.1. The Morgan fingerprint density at radius 3 is 2.43 bits per heavy atom. The van der Waals surface area contributed by atoms with Crippen LogP contribution in [0.2, 0.25) is 0 Å². The van der Waals surface area contributed by atoms with Gasteiger partial charge in [0.2, 0.25) is 5.91 Å². The van der Waals surface area contributed by atoms with Gasteiger partial charge in [-0.1, -0.05) is 48.5 Å². The van der Waals surface area contributed by atoms with E-state index in [1.165, 1.54) is 10.9 Å². The van der Waals surface area contributed by atoms with Crippen molar-refractivity contribution in [1.29, 1.82) is 0 Å². The largest absolute Gasteiger partial charge is 0.354 e. The highest BCUT2D eigenvalue weighted by Gasteiger charge is 2.32. The molecular weight excluding hydrogens is 398 g/mol. The smallest absolute Gasteiger partial charge is 0.241 e. The molecule has 2 heterocycles. The van der Waals surface area contributed by atoms with Crippen LogP contribution in [0, 0.1) is 0 Å². The quantitative estimate of drug-likeness (QED) is 0.591. The number of hydrogen-bond acceptors (Lipinski definition) is 4. The number of nitrogens with one attached hydrogen (secondary N) is 1. The van der Waals surface area contributed by atoms with E-state index in [1.807, 2.05) is 47.4 Å². The van der Waals surface area contributed by atoms with Gasteiger partial charge in [0.05, 0.1) is 11.5 Å². The van der Waals surface area contributed by atoms with Crippen LogP contribution in [-0.4, -0.2) is 54.9 Å². The molecule has 0 aliphatic carbocycles. The van der Waals surface area contributed by atoms with Gasteiger partial charge < -0.3 is 9.88 Å². The molecule has 0 spiro atoms. The number of carbonyl (C=O) groups is 1. The molecule has 0 bridgehead atoms. The average Bonchev–Trinajstić information content (AvgIpc) is 3.16. The number of amides is 1. The Morgan fingerprint density at radius 2 is 1.67 bits per heavy atom. The first kappa shape index (κ1) is 20.6. The fourth-order valence-electron chi connectivity index (χ4n) is 4.04. The van der Waals surface area contributed by atoms with E-state index in [1.54, 1.807) is 0 Å². The Hall–Kier alpha value is -2.64. The number of para-hydroxylation sites is 1. The number of rotatable bonds is 7. The molecule has 4 rings (SSSR count). The molecule has 6 nitrogen and oxygen atoms in total. The Balaban J connectivity index is 1.38. The van der Waals surface area contributed by atoms with Crippen molar-refractivity contribution in [3.8, 4) is 0 Å². The van der Waals surface area contributed by atoms with Crippen molar-refractivity contribution in [2.45, 2.75) is 19.0 Å². The van der Waals surface area contributed by atoms with E-state index in [0.29, 0.717) is 19.6 Å². The molecule has 7 heteroatoms. The van der Waals surface area contributed by atoms with Crippen molar-refractivity contribution in [2.75, 3.05) is 31.1 Å². The lowest BCUT2D eigenvalue weighted by molar-refractivity contribution is -0.126. The molecular formula is C23H27N3O3S. The highest BCUT2D eigenvalue weighted by atomic mass is 32.2. The zero-order chi connectivity index (χ0) is 21.0. The monoisotopic (exact) mass is 425 g/mol. The molecule has 158 valence electrons. The normalized spacial score (nSPS) is 17.6. The summed E-state index contributed by atoms with van der Waals surface area (Å²) in [4.78, 5) is 15.0. The number of aryl methyl sites for hydroxylation is 1. The Bertz CT molecular complexity index is 1090. The Morgan fingerprint density at radius 1 is 0.967 bits per heavy atom. The lowest BCUT2D eigenvalue weighted by Gasteiger charge is -2.33. The van der Waals surface area contributed by atoms with Crippen molar-refractivity contribution in [1.82, 2.24) is 14.8 Å². The topological polar surface area (TPSA) is 71.4 Å². The minimum absolute atomic E-state index is 0.0714. The van der Waals surface area contributed by atoms with Crippen LogP contribution in [0.15, 0.2) is 66.9 Å². The summed E-state index contributed by atoms with van der Waals surface area (Å²) in [6.45, 7) is 2.15. The molecule has 1 aliphatic rings. The third-order valence-corrected chi connectivity index (χ3v) is 7.27. The molecule has 1 aromatic heterocycles. The van der Waals surface area contributed by atoms with Crippen molar-refractivity contribution in [3.05, 3.63) is 72.4 Å². The molecule has 1 aliphatic heterocycles. The van der Waals surface area contributed by atoms with Crippen molar-refractivity contribution in [2.24, 2.45) is 0 Å². The van der Waals surface area contributed by atoms with Crippen LogP contribution < -0.4 is 5.32 Å². The summed E-state index contributed by atoms with van der Waals surface area (Å²) < 4.78 is 25.8. The van der Waals surface area contributed by atoms with Crippen LogP contribution in [-0.2, 0) is 21.2 Å². The molecule has 0 saturated carbocycles. The van der Waals surface area contributed by atoms with E-state index in [0.717, 1.165) is 18.5 Å². The van der Waals surface area contributed by atoms with E-state index in [2.05, 4.69) is 34.3 Å². The van der Waals surface area contributed by atoms with Crippen LogP contribution in [0.5, 0.6) is 0 Å². The van der Waals surface area contributed by atoms with Crippen molar-refractivity contribution in [3.63, 3.8) is 0 Å². The number of carbonyl (C=O) groups excluding carboxylic acids is 1. The predicted molar refractivity (Wildman–Crippen MR) is 119 cm³/mol. The lowest BCUT2D eigenvalue weighted by Crippen LogP contribution is -2.47. The average molecular weight is 426 g/mol. The minimum Gasteiger partial charge on any atom is -0.354 e. The molecule has 1 saturated heterocycles. The number of hydrogen-bond donors (Lipinski definition) is 1. The maximum Gasteiger partial charge on any atom is 0.241 e. The second-order valence-corrected chi connectivity index (χ2v) is 10.0. The van der Waals surface area contributed by atoms with Gasteiger partial charge in [-0.2, -0.15) is 0 Å². The third kappa shape index (κ3) is 4.74. The maximum atomic E-state index is 13.1. The molecule has 1 unspecified atom stereocenters. The van der Waals surface area contributed by atoms with Crippen LogP contribution in [0.4, 0.5) is 0 Å². The van der Waals surface area contributed by atoms with Gasteiger partial charge in [0, 0.05) is 37.9 Å². The molecule has 3 aromatic rings. The summed E-state index contributed by atoms with van der Waals surface area (Å²) in [5.74, 6) is 0.132. The summed E-state index contributed by atoms with van der Waals surface area (Å²) in [5.41, 5.74) is 2.09.